The smallest absolute Gasteiger partial charge is 0.318 e. The van der Waals surface area contributed by atoms with Crippen LogP contribution < -0.4 is 10.1 Å². The highest BCUT2D eigenvalue weighted by atomic mass is 19.1. The lowest BCUT2D eigenvalue weighted by molar-refractivity contribution is -0.134. The summed E-state index contributed by atoms with van der Waals surface area (Å²) in [7, 11) is 0. The molecular weight excluding hydrogens is 368 g/mol. The van der Waals surface area contributed by atoms with Gasteiger partial charge >= 0.3 is 6.03 Å². The molecule has 0 atom stereocenters. The largest absolute Gasteiger partial charge is 0.451 e. The number of hydrogen-bond acceptors (Lipinski definition) is 3. The zero-order valence-electron chi connectivity index (χ0n) is 15.5. The number of carbonyl (C=O) groups excluding carboxylic acids is 2. The summed E-state index contributed by atoms with van der Waals surface area (Å²) in [4.78, 5) is 27.2. The number of carbonyl (C=O) groups is 2. The van der Waals surface area contributed by atoms with Crippen molar-refractivity contribution in [3.05, 3.63) is 59.7 Å². The van der Waals surface area contributed by atoms with Crippen LogP contribution in [0.3, 0.4) is 0 Å². The Kier molecular flexibility index (Phi) is 6.08. The highest BCUT2D eigenvalue weighted by molar-refractivity contribution is 5.85. The normalized spacial score (nSPS) is 14.2. The summed E-state index contributed by atoms with van der Waals surface area (Å²) in [6, 6.07) is 9.54. The molecule has 3 rings (SSSR count). The van der Waals surface area contributed by atoms with Crippen LogP contribution >= 0.6 is 0 Å². The van der Waals surface area contributed by atoms with Gasteiger partial charge in [0.25, 0.3) is 0 Å². The van der Waals surface area contributed by atoms with Crippen molar-refractivity contribution in [3.8, 4) is 11.5 Å². The molecule has 2 aromatic carbocycles. The predicted octanol–water partition coefficient (Wildman–Crippen LogP) is 3.13. The van der Waals surface area contributed by atoms with E-state index in [0.29, 0.717) is 25.2 Å². The molecule has 148 valence electrons. The maximum Gasteiger partial charge on any atom is 0.318 e. The maximum atomic E-state index is 14.3. The van der Waals surface area contributed by atoms with Crippen molar-refractivity contribution in [1.29, 1.82) is 0 Å². The van der Waals surface area contributed by atoms with Gasteiger partial charge < -0.3 is 19.9 Å². The summed E-state index contributed by atoms with van der Waals surface area (Å²) < 4.78 is 33.1. The molecule has 3 amide bonds. The van der Waals surface area contributed by atoms with E-state index >= 15 is 0 Å². The molecule has 1 fully saturated rings. The monoisotopic (exact) mass is 389 g/mol. The van der Waals surface area contributed by atoms with Gasteiger partial charge in [-0.1, -0.05) is 18.2 Å². The molecule has 0 aliphatic carbocycles. The lowest BCUT2D eigenvalue weighted by atomic mass is 10.2. The lowest BCUT2D eigenvalue weighted by Crippen LogP contribution is -2.54. The highest BCUT2D eigenvalue weighted by Crippen LogP contribution is 2.27. The van der Waals surface area contributed by atoms with E-state index in [9.17, 15) is 18.4 Å². The number of hydrogen-bond donors (Lipinski definition) is 1. The first-order chi connectivity index (χ1) is 13.5. The van der Waals surface area contributed by atoms with Crippen LogP contribution in [0.2, 0.25) is 0 Å². The van der Waals surface area contributed by atoms with Gasteiger partial charge in [0, 0.05) is 26.2 Å². The SMILES string of the molecule is CCN1CCN(C(=O)NCc2ccc(Oc3ccccc3F)c(F)c2)CC1=O. The Morgan fingerprint density at radius 3 is 2.54 bits per heavy atom. The van der Waals surface area contributed by atoms with Crippen LogP contribution in [0.25, 0.3) is 0 Å². The number of nitrogens with zero attached hydrogens (tertiary/aromatic N) is 2. The standard InChI is InChI=1S/C20H21F2N3O3/c1-2-24-9-10-25(13-19(24)26)20(27)23-12-14-7-8-18(16(22)11-14)28-17-6-4-3-5-15(17)21/h3-8,11H,2,9-10,12-13H2,1H3,(H,23,27). The second-order valence-electron chi connectivity index (χ2n) is 6.35. The zero-order chi connectivity index (χ0) is 20.1. The number of halogens is 2. The van der Waals surface area contributed by atoms with Crippen molar-refractivity contribution in [2.45, 2.75) is 13.5 Å². The van der Waals surface area contributed by atoms with Gasteiger partial charge in [-0.2, -0.15) is 0 Å². The Morgan fingerprint density at radius 2 is 1.86 bits per heavy atom. The molecule has 1 N–H and O–H groups in total. The topological polar surface area (TPSA) is 61.9 Å². The van der Waals surface area contributed by atoms with Crippen molar-refractivity contribution >= 4 is 11.9 Å². The highest BCUT2D eigenvalue weighted by Gasteiger charge is 2.25. The van der Waals surface area contributed by atoms with Gasteiger partial charge in [-0.25, -0.2) is 13.6 Å². The number of amides is 3. The van der Waals surface area contributed by atoms with Crippen LogP contribution in [0.4, 0.5) is 13.6 Å². The van der Waals surface area contributed by atoms with E-state index in [4.69, 9.17) is 4.74 Å². The van der Waals surface area contributed by atoms with Crippen LogP contribution in [-0.4, -0.2) is 47.9 Å². The minimum Gasteiger partial charge on any atom is -0.451 e. The number of nitrogens with one attached hydrogen (secondary N) is 1. The minimum atomic E-state index is -0.665. The third kappa shape index (κ3) is 4.57. The Hall–Kier alpha value is -3.16. The molecule has 1 aliphatic heterocycles. The first-order valence-electron chi connectivity index (χ1n) is 8.99. The lowest BCUT2D eigenvalue weighted by Gasteiger charge is -2.33. The summed E-state index contributed by atoms with van der Waals surface area (Å²) in [6.07, 6.45) is 0. The average Bonchev–Trinajstić information content (AvgIpc) is 2.69. The van der Waals surface area contributed by atoms with Gasteiger partial charge in [0.15, 0.2) is 23.1 Å². The Balaban J connectivity index is 1.57. The Labute approximate surface area is 161 Å². The van der Waals surface area contributed by atoms with E-state index in [1.165, 1.54) is 35.2 Å². The minimum absolute atomic E-state index is 0.0312. The summed E-state index contributed by atoms with van der Waals surface area (Å²) in [5.74, 6) is -1.53. The number of rotatable bonds is 5. The first kappa shape index (κ1) is 19.6. The van der Waals surface area contributed by atoms with E-state index in [1.54, 1.807) is 17.0 Å². The van der Waals surface area contributed by atoms with Crippen LogP contribution in [0.1, 0.15) is 12.5 Å². The predicted molar refractivity (Wildman–Crippen MR) is 98.9 cm³/mol. The third-order valence-corrected chi connectivity index (χ3v) is 4.48. The number of likely N-dealkylation sites (N-methyl/N-ethyl adjacent to an activating group) is 1. The van der Waals surface area contributed by atoms with Crippen LogP contribution in [0.5, 0.6) is 11.5 Å². The quantitative estimate of drug-likeness (QED) is 0.855. The number of benzene rings is 2. The van der Waals surface area contributed by atoms with Gasteiger partial charge in [-0.05, 0) is 36.8 Å². The molecule has 1 saturated heterocycles. The van der Waals surface area contributed by atoms with Gasteiger partial charge in [0.05, 0.1) is 0 Å². The van der Waals surface area contributed by atoms with E-state index in [2.05, 4.69) is 5.32 Å². The molecule has 28 heavy (non-hydrogen) atoms. The molecule has 2 aromatic rings. The van der Waals surface area contributed by atoms with Crippen molar-refractivity contribution in [2.24, 2.45) is 0 Å². The van der Waals surface area contributed by atoms with Crippen LogP contribution in [-0.2, 0) is 11.3 Å². The fraction of sp³-hybridized carbons (Fsp3) is 0.300. The molecule has 0 aromatic heterocycles. The molecule has 1 heterocycles. The first-order valence-corrected chi connectivity index (χ1v) is 8.99. The molecule has 0 unspecified atom stereocenters. The summed E-state index contributed by atoms with van der Waals surface area (Å²) in [6.45, 7) is 3.59. The van der Waals surface area contributed by atoms with Gasteiger partial charge in [0.1, 0.15) is 6.54 Å². The van der Waals surface area contributed by atoms with Crippen LogP contribution in [0, 0.1) is 11.6 Å². The number of urea groups is 1. The van der Waals surface area contributed by atoms with E-state index in [-0.39, 0.29) is 36.5 Å². The molecule has 6 nitrogen and oxygen atoms in total. The van der Waals surface area contributed by atoms with Crippen molar-refractivity contribution in [3.63, 3.8) is 0 Å². The van der Waals surface area contributed by atoms with Gasteiger partial charge in [-0.15, -0.1) is 0 Å². The summed E-state index contributed by atoms with van der Waals surface area (Å²) >= 11 is 0. The zero-order valence-corrected chi connectivity index (χ0v) is 15.5. The average molecular weight is 389 g/mol. The summed E-state index contributed by atoms with van der Waals surface area (Å²) in [5, 5.41) is 2.68. The fourth-order valence-electron chi connectivity index (χ4n) is 2.89. The van der Waals surface area contributed by atoms with Gasteiger partial charge in [-0.3, -0.25) is 4.79 Å². The van der Waals surface area contributed by atoms with Crippen LogP contribution in [0.15, 0.2) is 42.5 Å². The second kappa shape index (κ2) is 8.69. The van der Waals surface area contributed by atoms with E-state index in [1.807, 2.05) is 6.92 Å². The molecule has 8 heteroatoms. The summed E-state index contributed by atoms with van der Waals surface area (Å²) in [5.41, 5.74) is 0.519. The second-order valence-corrected chi connectivity index (χ2v) is 6.35. The fourth-order valence-corrected chi connectivity index (χ4v) is 2.89. The maximum absolute atomic E-state index is 14.3. The molecule has 0 bridgehead atoms. The Bertz CT molecular complexity index is 876. The molecule has 0 radical (unpaired) electrons. The number of para-hydroxylation sites is 1. The molecule has 1 aliphatic rings. The Morgan fingerprint density at radius 1 is 1.11 bits per heavy atom. The van der Waals surface area contributed by atoms with Crippen molar-refractivity contribution < 1.29 is 23.1 Å². The number of piperazine rings is 1. The van der Waals surface area contributed by atoms with Crippen molar-refractivity contribution in [1.82, 2.24) is 15.1 Å². The number of ether oxygens (including phenoxy) is 1. The molecule has 0 spiro atoms. The van der Waals surface area contributed by atoms with Gasteiger partial charge in [0.2, 0.25) is 5.91 Å². The third-order valence-electron chi connectivity index (χ3n) is 4.48. The van der Waals surface area contributed by atoms with Crippen molar-refractivity contribution in [2.75, 3.05) is 26.2 Å². The molecule has 0 saturated carbocycles. The van der Waals surface area contributed by atoms with E-state index < -0.39 is 11.6 Å². The van der Waals surface area contributed by atoms with E-state index in [0.717, 1.165) is 0 Å². The molecular formula is C20H21F2N3O3.